The molecule has 68 heavy (non-hydrogen) atoms. The van der Waals surface area contributed by atoms with Gasteiger partial charge >= 0.3 is 0 Å². The molecular weight excluding hydrogens is 819 g/mol. The van der Waals surface area contributed by atoms with Crippen LogP contribution in [0.4, 0.5) is 11.4 Å². The predicted octanol–water partition coefficient (Wildman–Crippen LogP) is 16.4. The van der Waals surface area contributed by atoms with Crippen LogP contribution in [0.5, 0.6) is 0 Å². The fraction of sp³-hybridized carbons (Fsp3) is 0.224. The second-order valence-corrected chi connectivity index (χ2v) is 19.9. The smallest absolute Gasteiger partial charge is 0.0464 e. The van der Waals surface area contributed by atoms with Gasteiger partial charge in [-0.3, -0.25) is 0 Å². The van der Waals surface area contributed by atoms with Crippen molar-refractivity contribution in [2.45, 2.75) is 92.9 Å². The minimum Gasteiger partial charge on any atom is -0.311 e. The van der Waals surface area contributed by atoms with Crippen LogP contribution in [0.2, 0.25) is 0 Å². The lowest BCUT2D eigenvalue weighted by atomic mass is 9.70. The number of fused-ring (bicyclic) bond motifs is 4. The van der Waals surface area contributed by atoms with E-state index in [-0.39, 0.29) is 10.8 Å². The molecule has 0 fully saturated rings. The number of hydrogen-bond donors (Lipinski definition) is 0. The van der Waals surface area contributed by atoms with Crippen LogP contribution < -0.4 is 15.3 Å². The summed E-state index contributed by atoms with van der Waals surface area (Å²) in [6, 6.07) is 57.3. The van der Waals surface area contributed by atoms with Crippen LogP contribution in [0.25, 0.3) is 28.9 Å². The molecule has 1 heteroatoms. The van der Waals surface area contributed by atoms with Gasteiger partial charge in [-0.2, -0.15) is 0 Å². The Bertz CT molecular complexity index is 3150. The molecule has 10 rings (SSSR count). The first-order chi connectivity index (χ1) is 32.8. The standard InChI is InChI=1S/C40H39N.C19H20.C8H10/c1-27-10-8-13-31(24-27)41(32-17-19-35-34-18-16-28(2)25-37(34)39(3,4)38(35)26-32)30-20-22-40(5,23-21-30)36-15-9-12-29-11-6-7-14-33(29)36;1-4-8-16-11-13-17(14-12-16)18(5-2)19-10-7-6-9-15(19)3;1-7-4-3-5-8(2)6-7/h6-8,10-11,13-22,24-26H,9,12,23H2,1-5H3;5-7,9-14H,2-4,8H2,1H3;3-6H,1-2H3/b;19-18+;. The highest BCUT2D eigenvalue weighted by atomic mass is 15.1. The maximum absolute atomic E-state index is 4.09. The van der Waals surface area contributed by atoms with Crippen molar-refractivity contribution < 1.29 is 0 Å². The fourth-order valence-electron chi connectivity index (χ4n) is 10.4. The summed E-state index contributed by atoms with van der Waals surface area (Å²) in [6.07, 6.45) is 17.2. The number of anilines is 2. The van der Waals surface area contributed by atoms with E-state index in [2.05, 4.69) is 237 Å². The fourth-order valence-corrected chi connectivity index (χ4v) is 10.4. The molecule has 1 nitrogen and oxygen atoms in total. The zero-order chi connectivity index (χ0) is 48.0. The zero-order valence-corrected chi connectivity index (χ0v) is 41.8. The van der Waals surface area contributed by atoms with Gasteiger partial charge in [0.2, 0.25) is 0 Å². The Morgan fingerprint density at radius 3 is 1.90 bits per heavy atom. The molecule has 0 heterocycles. The number of aryl methyl sites for hydroxylation is 6. The quantitative estimate of drug-likeness (QED) is 0.147. The first-order valence-electron chi connectivity index (χ1n) is 24.6. The molecule has 1 atom stereocenters. The summed E-state index contributed by atoms with van der Waals surface area (Å²) in [7, 11) is 0. The van der Waals surface area contributed by atoms with Crippen LogP contribution in [-0.2, 0) is 18.3 Å². The number of rotatable bonds is 8. The van der Waals surface area contributed by atoms with Crippen LogP contribution in [0.15, 0.2) is 200 Å². The minimum absolute atomic E-state index is 0.0161. The highest BCUT2D eigenvalue weighted by molar-refractivity contribution is 5.85. The lowest BCUT2D eigenvalue weighted by molar-refractivity contribution is 0.569. The van der Waals surface area contributed by atoms with E-state index < -0.39 is 0 Å². The molecule has 7 aromatic carbocycles. The molecule has 342 valence electrons. The van der Waals surface area contributed by atoms with Crippen molar-refractivity contribution in [2.75, 3.05) is 4.90 Å². The highest BCUT2D eigenvalue weighted by Gasteiger charge is 2.37. The molecule has 0 bridgehead atoms. The second kappa shape index (κ2) is 20.5. The number of benzene rings is 7. The lowest BCUT2D eigenvalue weighted by Crippen LogP contribution is -2.24. The molecule has 7 aromatic rings. The Morgan fingerprint density at radius 1 is 0.618 bits per heavy atom. The molecule has 0 radical (unpaired) electrons. The Labute approximate surface area is 408 Å². The molecule has 3 aliphatic rings. The average Bonchev–Trinajstić information content (AvgIpc) is 3.55. The van der Waals surface area contributed by atoms with Gasteiger partial charge in [-0.25, -0.2) is 0 Å². The SMILES string of the molecule is C=C/C(c1ccc(CCC)cc1)=c1/ccccc1=C.Cc1cccc(C)c1.Cc1cccc(N(C2=CCC(C)(C3=CCCc4ccccc43)C=C2)c2ccc3c(c2)C(C)(C)c2cc(C)ccc2-3)c1. The maximum atomic E-state index is 4.09. The lowest BCUT2D eigenvalue weighted by Gasteiger charge is -2.36. The van der Waals surface area contributed by atoms with Crippen molar-refractivity contribution in [3.8, 4) is 11.1 Å². The second-order valence-electron chi connectivity index (χ2n) is 19.9. The molecule has 0 spiro atoms. The zero-order valence-electron chi connectivity index (χ0n) is 41.8. The van der Waals surface area contributed by atoms with Gasteiger partial charge in [0.25, 0.3) is 0 Å². The van der Waals surface area contributed by atoms with E-state index in [1.165, 1.54) is 95.8 Å². The van der Waals surface area contributed by atoms with Crippen LogP contribution in [0.3, 0.4) is 0 Å². The van der Waals surface area contributed by atoms with Gasteiger partial charge in [0.05, 0.1) is 0 Å². The molecular formula is C67H69N. The maximum Gasteiger partial charge on any atom is 0.0464 e. The Morgan fingerprint density at radius 2 is 1.25 bits per heavy atom. The molecule has 3 aliphatic carbocycles. The van der Waals surface area contributed by atoms with Crippen molar-refractivity contribution in [3.63, 3.8) is 0 Å². The van der Waals surface area contributed by atoms with Crippen molar-refractivity contribution in [1.82, 2.24) is 0 Å². The van der Waals surface area contributed by atoms with Crippen LogP contribution in [-0.4, -0.2) is 0 Å². The van der Waals surface area contributed by atoms with E-state index in [1.54, 1.807) is 0 Å². The van der Waals surface area contributed by atoms with Crippen LogP contribution >= 0.6 is 0 Å². The molecule has 0 aromatic heterocycles. The topological polar surface area (TPSA) is 3.24 Å². The third kappa shape index (κ3) is 10.1. The molecule has 0 amide bonds. The van der Waals surface area contributed by atoms with Gasteiger partial charge in [-0.15, -0.1) is 0 Å². The monoisotopic (exact) mass is 888 g/mol. The third-order valence-corrected chi connectivity index (χ3v) is 14.1. The van der Waals surface area contributed by atoms with Crippen LogP contribution in [0, 0.1) is 33.1 Å². The van der Waals surface area contributed by atoms with Crippen molar-refractivity contribution >= 4 is 29.1 Å². The molecule has 0 saturated carbocycles. The van der Waals surface area contributed by atoms with Crippen LogP contribution in [0.1, 0.15) is 103 Å². The first kappa shape index (κ1) is 47.5. The summed E-state index contributed by atoms with van der Waals surface area (Å²) in [6.45, 7) is 26.0. The highest BCUT2D eigenvalue weighted by Crippen LogP contribution is 2.51. The van der Waals surface area contributed by atoms with Crippen molar-refractivity contribution in [3.05, 3.63) is 266 Å². The number of allylic oxidation sites excluding steroid dienone is 6. The minimum atomic E-state index is -0.0405. The van der Waals surface area contributed by atoms with Crippen molar-refractivity contribution in [1.29, 1.82) is 0 Å². The van der Waals surface area contributed by atoms with Gasteiger partial charge < -0.3 is 4.90 Å². The Balaban J connectivity index is 0.000000190. The van der Waals surface area contributed by atoms with Gasteiger partial charge in [0.1, 0.15) is 0 Å². The number of hydrogen-bond acceptors (Lipinski definition) is 1. The predicted molar refractivity (Wildman–Crippen MR) is 295 cm³/mol. The van der Waals surface area contributed by atoms with Gasteiger partial charge in [0.15, 0.2) is 0 Å². The molecule has 0 N–H and O–H groups in total. The van der Waals surface area contributed by atoms with E-state index in [1.807, 2.05) is 24.3 Å². The summed E-state index contributed by atoms with van der Waals surface area (Å²) in [5.74, 6) is 0. The summed E-state index contributed by atoms with van der Waals surface area (Å²) in [5.41, 5.74) is 22.6. The van der Waals surface area contributed by atoms with E-state index in [0.29, 0.717) is 0 Å². The van der Waals surface area contributed by atoms with Gasteiger partial charge in [-0.1, -0.05) is 222 Å². The first-order valence-corrected chi connectivity index (χ1v) is 24.6. The Hall–Kier alpha value is -6.96. The van der Waals surface area contributed by atoms with E-state index in [9.17, 15) is 0 Å². The summed E-state index contributed by atoms with van der Waals surface area (Å²) in [5, 5.41) is 2.19. The van der Waals surface area contributed by atoms with E-state index in [0.717, 1.165) is 41.7 Å². The third-order valence-electron chi connectivity index (χ3n) is 14.1. The van der Waals surface area contributed by atoms with E-state index in [4.69, 9.17) is 0 Å². The number of nitrogens with zero attached hydrogens (tertiary/aromatic N) is 1. The summed E-state index contributed by atoms with van der Waals surface area (Å²) >= 11 is 0. The van der Waals surface area contributed by atoms with Crippen molar-refractivity contribution in [2.24, 2.45) is 5.41 Å². The summed E-state index contributed by atoms with van der Waals surface area (Å²) in [4.78, 5) is 2.46. The van der Waals surface area contributed by atoms with Gasteiger partial charge in [-0.05, 0) is 155 Å². The largest absolute Gasteiger partial charge is 0.311 e. The summed E-state index contributed by atoms with van der Waals surface area (Å²) < 4.78 is 0. The normalized spacial score (nSPS) is 16.5. The molecule has 0 saturated heterocycles. The van der Waals surface area contributed by atoms with E-state index >= 15 is 0 Å². The molecule has 0 aliphatic heterocycles. The molecule has 1 unspecified atom stereocenters. The Kier molecular flexibility index (Phi) is 14.3. The average molecular weight is 888 g/mol. The van der Waals surface area contributed by atoms with Gasteiger partial charge in [0, 0.05) is 27.9 Å².